The van der Waals surface area contributed by atoms with Crippen molar-refractivity contribution in [2.24, 2.45) is 23.5 Å². The molecule has 2 heteroatoms. The second-order valence-electron chi connectivity index (χ2n) is 3.31. The summed E-state index contributed by atoms with van der Waals surface area (Å²) in [6, 6.07) is 0. The van der Waals surface area contributed by atoms with Crippen LogP contribution in [-0.2, 0) is 0 Å². The SMILES string of the molecule is NC[C@@H]1C[C@H]2CNC[C@@H]12. The monoisotopic (exact) mass is 126 g/mol. The molecular weight excluding hydrogens is 112 g/mol. The predicted molar refractivity (Wildman–Crippen MR) is 37.0 cm³/mol. The van der Waals surface area contributed by atoms with Gasteiger partial charge >= 0.3 is 0 Å². The zero-order valence-corrected chi connectivity index (χ0v) is 5.64. The van der Waals surface area contributed by atoms with E-state index in [9.17, 15) is 0 Å². The molecule has 0 aromatic heterocycles. The smallest absolute Gasteiger partial charge is 0.00141 e. The largest absolute Gasteiger partial charge is 0.330 e. The van der Waals surface area contributed by atoms with Gasteiger partial charge in [-0.05, 0) is 43.8 Å². The molecule has 0 aromatic carbocycles. The van der Waals surface area contributed by atoms with Crippen LogP contribution in [0.4, 0.5) is 0 Å². The van der Waals surface area contributed by atoms with Crippen LogP contribution in [0, 0.1) is 17.8 Å². The van der Waals surface area contributed by atoms with Gasteiger partial charge in [-0.1, -0.05) is 0 Å². The van der Waals surface area contributed by atoms with Crippen molar-refractivity contribution in [2.45, 2.75) is 6.42 Å². The summed E-state index contributed by atoms with van der Waals surface area (Å²) in [4.78, 5) is 0. The minimum atomic E-state index is 0.852. The Morgan fingerprint density at radius 2 is 2.33 bits per heavy atom. The molecule has 9 heavy (non-hydrogen) atoms. The lowest BCUT2D eigenvalue weighted by Gasteiger charge is -2.38. The van der Waals surface area contributed by atoms with E-state index in [1.165, 1.54) is 19.5 Å². The Hall–Kier alpha value is -0.0800. The van der Waals surface area contributed by atoms with E-state index in [1.54, 1.807) is 0 Å². The summed E-state index contributed by atoms with van der Waals surface area (Å²) in [5.74, 6) is 2.78. The summed E-state index contributed by atoms with van der Waals surface area (Å²) in [5, 5.41) is 3.39. The molecule has 2 aliphatic rings. The van der Waals surface area contributed by atoms with Crippen molar-refractivity contribution in [1.29, 1.82) is 0 Å². The zero-order chi connectivity index (χ0) is 6.27. The molecule has 1 aliphatic carbocycles. The fourth-order valence-electron chi connectivity index (χ4n) is 2.20. The van der Waals surface area contributed by atoms with Gasteiger partial charge in [-0.15, -0.1) is 0 Å². The van der Waals surface area contributed by atoms with Crippen molar-refractivity contribution in [3.8, 4) is 0 Å². The molecule has 2 fully saturated rings. The lowest BCUT2D eigenvalue weighted by atomic mass is 9.67. The van der Waals surface area contributed by atoms with Gasteiger partial charge in [0.1, 0.15) is 0 Å². The molecule has 1 aliphatic heterocycles. The number of fused-ring (bicyclic) bond motifs is 1. The summed E-state index contributed by atoms with van der Waals surface area (Å²) in [7, 11) is 0. The van der Waals surface area contributed by atoms with Gasteiger partial charge in [-0.3, -0.25) is 0 Å². The first-order valence-electron chi connectivity index (χ1n) is 3.82. The summed E-state index contributed by atoms with van der Waals surface area (Å²) in [5.41, 5.74) is 5.56. The maximum Gasteiger partial charge on any atom is -0.00141 e. The molecule has 0 radical (unpaired) electrons. The van der Waals surface area contributed by atoms with E-state index in [4.69, 9.17) is 5.73 Å². The molecule has 1 heterocycles. The van der Waals surface area contributed by atoms with E-state index >= 15 is 0 Å². The second kappa shape index (κ2) is 1.96. The Morgan fingerprint density at radius 3 is 3.00 bits per heavy atom. The quantitative estimate of drug-likeness (QED) is 0.510. The van der Waals surface area contributed by atoms with E-state index in [0.717, 1.165) is 24.3 Å². The molecule has 0 aromatic rings. The number of nitrogens with one attached hydrogen (secondary N) is 1. The van der Waals surface area contributed by atoms with Gasteiger partial charge < -0.3 is 11.1 Å². The summed E-state index contributed by atoms with van der Waals surface area (Å²) in [6.45, 7) is 3.39. The van der Waals surface area contributed by atoms with Crippen LogP contribution in [0.3, 0.4) is 0 Å². The van der Waals surface area contributed by atoms with Crippen LogP contribution in [0.15, 0.2) is 0 Å². The van der Waals surface area contributed by atoms with Crippen LogP contribution in [0.2, 0.25) is 0 Å². The van der Waals surface area contributed by atoms with Crippen molar-refractivity contribution in [3.05, 3.63) is 0 Å². The molecule has 2 rings (SSSR count). The van der Waals surface area contributed by atoms with Crippen LogP contribution < -0.4 is 11.1 Å². The fourth-order valence-corrected chi connectivity index (χ4v) is 2.20. The Balaban J connectivity index is 1.93. The highest BCUT2D eigenvalue weighted by Gasteiger charge is 2.42. The van der Waals surface area contributed by atoms with E-state index in [-0.39, 0.29) is 0 Å². The third-order valence-corrected chi connectivity index (χ3v) is 2.91. The zero-order valence-electron chi connectivity index (χ0n) is 5.64. The van der Waals surface area contributed by atoms with Crippen LogP contribution >= 0.6 is 0 Å². The van der Waals surface area contributed by atoms with Crippen molar-refractivity contribution in [3.63, 3.8) is 0 Å². The minimum Gasteiger partial charge on any atom is -0.330 e. The number of hydrogen-bond donors (Lipinski definition) is 2. The van der Waals surface area contributed by atoms with Gasteiger partial charge in [0, 0.05) is 0 Å². The third kappa shape index (κ3) is 0.700. The molecular formula is C7H14N2. The van der Waals surface area contributed by atoms with Gasteiger partial charge in [0.2, 0.25) is 0 Å². The van der Waals surface area contributed by atoms with Crippen LogP contribution in [0.5, 0.6) is 0 Å². The molecule has 1 saturated carbocycles. The molecule has 52 valence electrons. The topological polar surface area (TPSA) is 38.0 Å². The number of nitrogens with two attached hydrogens (primary N) is 1. The van der Waals surface area contributed by atoms with Crippen molar-refractivity contribution >= 4 is 0 Å². The lowest BCUT2D eigenvalue weighted by molar-refractivity contribution is 0.129. The number of hydrogen-bond acceptors (Lipinski definition) is 2. The van der Waals surface area contributed by atoms with E-state index in [2.05, 4.69) is 5.32 Å². The van der Waals surface area contributed by atoms with Gasteiger partial charge in [-0.2, -0.15) is 0 Å². The average molecular weight is 126 g/mol. The normalized spacial score (nSPS) is 48.3. The maximum absolute atomic E-state index is 5.56. The van der Waals surface area contributed by atoms with Gasteiger partial charge in [0.05, 0.1) is 0 Å². The molecule has 0 spiro atoms. The van der Waals surface area contributed by atoms with Crippen LogP contribution in [-0.4, -0.2) is 19.6 Å². The highest BCUT2D eigenvalue weighted by atomic mass is 14.9. The first kappa shape index (κ1) is 5.69. The van der Waals surface area contributed by atoms with Crippen LogP contribution in [0.25, 0.3) is 0 Å². The first-order chi connectivity index (χ1) is 4.42. The Bertz CT molecular complexity index is 113. The second-order valence-corrected chi connectivity index (χ2v) is 3.31. The van der Waals surface area contributed by atoms with Crippen molar-refractivity contribution in [1.82, 2.24) is 5.32 Å². The Morgan fingerprint density at radius 1 is 1.44 bits per heavy atom. The Labute approximate surface area is 55.8 Å². The molecule has 0 bridgehead atoms. The highest BCUT2D eigenvalue weighted by Crippen LogP contribution is 2.41. The van der Waals surface area contributed by atoms with Gasteiger partial charge in [0.25, 0.3) is 0 Å². The van der Waals surface area contributed by atoms with Crippen LogP contribution in [0.1, 0.15) is 6.42 Å². The third-order valence-electron chi connectivity index (χ3n) is 2.91. The minimum absolute atomic E-state index is 0.852. The van der Waals surface area contributed by atoms with Crippen molar-refractivity contribution in [2.75, 3.05) is 19.6 Å². The standard InChI is InChI=1S/C7H14N2/c8-2-5-1-6-3-9-4-7(5)6/h5-7,9H,1-4,8H2/t5-,6-,7-/m0/s1. The summed E-state index contributed by atoms with van der Waals surface area (Å²) < 4.78 is 0. The molecule has 0 amide bonds. The maximum atomic E-state index is 5.56. The first-order valence-corrected chi connectivity index (χ1v) is 3.82. The van der Waals surface area contributed by atoms with E-state index < -0.39 is 0 Å². The fraction of sp³-hybridized carbons (Fsp3) is 1.00. The lowest BCUT2D eigenvalue weighted by Crippen LogP contribution is -2.39. The Kier molecular flexibility index (Phi) is 1.24. The van der Waals surface area contributed by atoms with E-state index in [0.29, 0.717) is 0 Å². The predicted octanol–water partition coefficient (Wildman–Crippen LogP) is -0.199. The van der Waals surface area contributed by atoms with E-state index in [1.807, 2.05) is 0 Å². The summed E-state index contributed by atoms with van der Waals surface area (Å²) in [6.07, 6.45) is 1.38. The van der Waals surface area contributed by atoms with Gasteiger partial charge in [0.15, 0.2) is 0 Å². The van der Waals surface area contributed by atoms with Crippen molar-refractivity contribution < 1.29 is 0 Å². The van der Waals surface area contributed by atoms with Gasteiger partial charge in [-0.25, -0.2) is 0 Å². The molecule has 2 nitrogen and oxygen atoms in total. The molecule has 3 N–H and O–H groups in total. The highest BCUT2D eigenvalue weighted by molar-refractivity contribution is 4.96. The number of rotatable bonds is 1. The molecule has 3 atom stereocenters. The molecule has 1 saturated heterocycles. The summed E-state index contributed by atoms with van der Waals surface area (Å²) >= 11 is 0. The average Bonchev–Trinajstić information content (AvgIpc) is 2.14. The molecule has 0 unspecified atom stereocenters.